The average Bonchev–Trinajstić information content (AvgIpc) is 2.72. The molecule has 2 rings (SSSR count). The molecule has 168 valence electrons. The molecule has 0 spiro atoms. The highest BCUT2D eigenvalue weighted by Crippen LogP contribution is 2.23. The van der Waals surface area contributed by atoms with Crippen LogP contribution in [0.3, 0.4) is 0 Å². The van der Waals surface area contributed by atoms with Crippen LogP contribution in [0.25, 0.3) is 0 Å². The predicted octanol–water partition coefficient (Wildman–Crippen LogP) is 2.24. The Morgan fingerprint density at radius 3 is 2.33 bits per heavy atom. The van der Waals surface area contributed by atoms with Gasteiger partial charge in [-0.05, 0) is 48.9 Å². The minimum absolute atomic E-state index is 0.00535. The van der Waals surface area contributed by atoms with Gasteiger partial charge in [0.2, 0.25) is 10.0 Å². The number of carbonyl (C=O) groups is 2. The molecule has 1 aliphatic rings. The summed E-state index contributed by atoms with van der Waals surface area (Å²) in [6, 6.07) is 4.80. The maximum atomic E-state index is 12.6. The highest BCUT2D eigenvalue weighted by Gasteiger charge is 2.30. The number of hydrogen-bond donors (Lipinski definition) is 2. The van der Waals surface area contributed by atoms with Crippen molar-refractivity contribution in [2.24, 2.45) is 11.8 Å². The van der Waals surface area contributed by atoms with Crippen LogP contribution < -0.4 is 14.8 Å². The summed E-state index contributed by atoms with van der Waals surface area (Å²) in [6.07, 6.45) is 4.20. The molecule has 3 unspecified atom stereocenters. The molecule has 3 atom stereocenters. The van der Waals surface area contributed by atoms with E-state index >= 15 is 0 Å². The fraction of sp³-hybridized carbons (Fsp3) is 0.619. The van der Waals surface area contributed by atoms with Gasteiger partial charge in [-0.1, -0.05) is 33.6 Å². The Morgan fingerprint density at radius 2 is 1.77 bits per heavy atom. The van der Waals surface area contributed by atoms with Gasteiger partial charge < -0.3 is 14.8 Å². The van der Waals surface area contributed by atoms with Gasteiger partial charge in [0.15, 0.2) is 6.61 Å². The normalized spacial score (nSPS) is 20.4. The lowest BCUT2D eigenvalue weighted by Crippen LogP contribution is -2.47. The van der Waals surface area contributed by atoms with E-state index in [1.165, 1.54) is 31.4 Å². The summed E-state index contributed by atoms with van der Waals surface area (Å²) in [4.78, 5) is 24.7. The zero-order valence-electron chi connectivity index (χ0n) is 18.0. The lowest BCUT2D eigenvalue weighted by molar-refractivity contribution is -0.151. The third kappa shape index (κ3) is 6.70. The molecular formula is C21H32N2O6S. The Kier molecular flexibility index (Phi) is 8.66. The van der Waals surface area contributed by atoms with E-state index in [1.54, 1.807) is 13.8 Å². The van der Waals surface area contributed by atoms with E-state index in [-0.39, 0.29) is 22.8 Å². The fourth-order valence-electron chi connectivity index (χ4n) is 3.45. The number of amides is 1. The van der Waals surface area contributed by atoms with Gasteiger partial charge in [0.1, 0.15) is 11.8 Å². The first-order chi connectivity index (χ1) is 14.1. The number of rotatable bonds is 9. The second-order valence-electron chi connectivity index (χ2n) is 8.06. The van der Waals surface area contributed by atoms with Crippen LogP contribution in [0, 0.1) is 11.8 Å². The zero-order chi connectivity index (χ0) is 22.3. The van der Waals surface area contributed by atoms with Crippen LogP contribution >= 0.6 is 0 Å². The highest BCUT2D eigenvalue weighted by molar-refractivity contribution is 7.89. The van der Waals surface area contributed by atoms with Crippen molar-refractivity contribution in [1.29, 1.82) is 0 Å². The molecule has 0 saturated heterocycles. The third-order valence-corrected chi connectivity index (χ3v) is 6.83. The molecule has 0 bridgehead atoms. The fourth-order valence-corrected chi connectivity index (χ4v) is 4.79. The van der Waals surface area contributed by atoms with Crippen molar-refractivity contribution in [1.82, 2.24) is 10.0 Å². The van der Waals surface area contributed by atoms with Gasteiger partial charge in [-0.2, -0.15) is 4.72 Å². The first-order valence-electron chi connectivity index (χ1n) is 10.3. The predicted molar refractivity (Wildman–Crippen MR) is 112 cm³/mol. The van der Waals surface area contributed by atoms with Crippen LogP contribution in [0.1, 0.15) is 46.5 Å². The monoisotopic (exact) mass is 440 g/mol. The van der Waals surface area contributed by atoms with E-state index in [9.17, 15) is 18.0 Å². The Hall–Kier alpha value is -2.13. The summed E-state index contributed by atoms with van der Waals surface area (Å²) in [7, 11) is -2.47. The van der Waals surface area contributed by atoms with Gasteiger partial charge in [0, 0.05) is 6.04 Å². The maximum Gasteiger partial charge on any atom is 0.324 e. The standard InChI is InChI=1S/C21H32N2O6S/c1-14(2)20(23-30(26,27)17-11-9-16(28-4)10-12-17)21(25)29-13-19(24)22-18-8-6-5-7-15(18)3/h9-12,14-15,18,20,23H,5-8,13H2,1-4H3,(H,22,24). The van der Waals surface area contributed by atoms with E-state index < -0.39 is 28.6 Å². The molecule has 1 amide bonds. The molecule has 9 heteroatoms. The van der Waals surface area contributed by atoms with Crippen LogP contribution in [0.15, 0.2) is 29.2 Å². The Bertz CT molecular complexity index is 822. The number of benzene rings is 1. The molecule has 1 aliphatic carbocycles. The largest absolute Gasteiger partial charge is 0.497 e. The van der Waals surface area contributed by atoms with Crippen molar-refractivity contribution in [2.75, 3.05) is 13.7 Å². The Balaban J connectivity index is 1.95. The number of ether oxygens (including phenoxy) is 2. The topological polar surface area (TPSA) is 111 Å². The van der Waals surface area contributed by atoms with E-state index in [0.717, 1.165) is 25.7 Å². The van der Waals surface area contributed by atoms with Crippen LogP contribution in [0.4, 0.5) is 0 Å². The summed E-state index contributed by atoms with van der Waals surface area (Å²) < 4.78 is 37.8. The molecule has 1 aromatic carbocycles. The zero-order valence-corrected chi connectivity index (χ0v) is 18.8. The van der Waals surface area contributed by atoms with Crippen molar-refractivity contribution < 1.29 is 27.5 Å². The van der Waals surface area contributed by atoms with Crippen molar-refractivity contribution in [3.63, 3.8) is 0 Å². The van der Waals surface area contributed by atoms with Gasteiger partial charge in [-0.15, -0.1) is 0 Å². The second kappa shape index (κ2) is 10.8. The summed E-state index contributed by atoms with van der Waals surface area (Å²) in [6.45, 7) is 5.06. The lowest BCUT2D eigenvalue weighted by atomic mass is 9.86. The van der Waals surface area contributed by atoms with Crippen molar-refractivity contribution in [3.8, 4) is 5.75 Å². The Labute approximate surface area is 178 Å². The molecule has 0 heterocycles. The van der Waals surface area contributed by atoms with Crippen LogP contribution in [0.2, 0.25) is 0 Å². The number of hydrogen-bond acceptors (Lipinski definition) is 6. The van der Waals surface area contributed by atoms with Crippen molar-refractivity contribution >= 4 is 21.9 Å². The van der Waals surface area contributed by atoms with E-state index in [1.807, 2.05) is 0 Å². The van der Waals surface area contributed by atoms with Crippen molar-refractivity contribution in [2.45, 2.75) is 63.4 Å². The number of sulfonamides is 1. The Morgan fingerprint density at radius 1 is 1.13 bits per heavy atom. The molecule has 1 saturated carbocycles. The summed E-state index contributed by atoms with van der Waals surface area (Å²) >= 11 is 0. The summed E-state index contributed by atoms with van der Waals surface area (Å²) in [5, 5.41) is 2.91. The van der Waals surface area contributed by atoms with E-state index in [0.29, 0.717) is 11.7 Å². The molecule has 1 fully saturated rings. The van der Waals surface area contributed by atoms with Crippen LogP contribution in [-0.2, 0) is 24.3 Å². The lowest BCUT2D eigenvalue weighted by Gasteiger charge is -2.29. The SMILES string of the molecule is COc1ccc(S(=O)(=O)NC(C(=O)OCC(=O)NC2CCCCC2C)C(C)C)cc1. The van der Waals surface area contributed by atoms with Crippen LogP contribution in [0.5, 0.6) is 5.75 Å². The summed E-state index contributed by atoms with van der Waals surface area (Å²) in [5.41, 5.74) is 0. The number of esters is 1. The minimum atomic E-state index is -3.95. The van der Waals surface area contributed by atoms with Gasteiger partial charge in [0.05, 0.1) is 12.0 Å². The van der Waals surface area contributed by atoms with E-state index in [4.69, 9.17) is 9.47 Å². The molecule has 8 nitrogen and oxygen atoms in total. The molecule has 30 heavy (non-hydrogen) atoms. The van der Waals surface area contributed by atoms with Gasteiger partial charge in [0.25, 0.3) is 5.91 Å². The maximum absolute atomic E-state index is 12.6. The average molecular weight is 441 g/mol. The van der Waals surface area contributed by atoms with Gasteiger partial charge in [-0.25, -0.2) is 8.42 Å². The minimum Gasteiger partial charge on any atom is -0.497 e. The molecular weight excluding hydrogens is 408 g/mol. The first-order valence-corrected chi connectivity index (χ1v) is 11.7. The van der Waals surface area contributed by atoms with Gasteiger partial charge in [-0.3, -0.25) is 9.59 Å². The first kappa shape index (κ1) is 24.1. The molecule has 1 aromatic rings. The molecule has 0 aliphatic heterocycles. The smallest absolute Gasteiger partial charge is 0.324 e. The number of nitrogens with one attached hydrogen (secondary N) is 2. The van der Waals surface area contributed by atoms with Crippen LogP contribution in [-0.4, -0.2) is 46.1 Å². The van der Waals surface area contributed by atoms with Gasteiger partial charge >= 0.3 is 5.97 Å². The quantitative estimate of drug-likeness (QED) is 0.570. The molecule has 0 radical (unpaired) electrons. The second-order valence-corrected chi connectivity index (χ2v) is 9.78. The third-order valence-electron chi connectivity index (χ3n) is 5.38. The van der Waals surface area contributed by atoms with Crippen molar-refractivity contribution in [3.05, 3.63) is 24.3 Å². The molecule has 2 N–H and O–H groups in total. The summed E-state index contributed by atoms with van der Waals surface area (Å²) in [5.74, 6) is -0.617. The number of carbonyl (C=O) groups excluding carboxylic acids is 2. The number of methoxy groups -OCH3 is 1. The highest BCUT2D eigenvalue weighted by atomic mass is 32.2. The molecule has 0 aromatic heterocycles. The van der Waals surface area contributed by atoms with E-state index in [2.05, 4.69) is 17.0 Å².